The molecule has 0 unspecified atom stereocenters. The molecule has 2 aromatic heterocycles. The van der Waals surface area contributed by atoms with Crippen LogP contribution in [0, 0.1) is 5.82 Å². The molecule has 0 spiro atoms. The number of thiophene rings is 1. The number of hydrogen-bond donors (Lipinski definition) is 0. The Labute approximate surface area is 169 Å². The molecule has 0 saturated carbocycles. The van der Waals surface area contributed by atoms with Gasteiger partial charge in [0.15, 0.2) is 0 Å². The summed E-state index contributed by atoms with van der Waals surface area (Å²) in [6.07, 6.45) is 1.66. The fraction of sp³-hybridized carbons (Fsp3) is 0.263. The third-order valence-corrected chi connectivity index (χ3v) is 6.93. The van der Waals surface area contributed by atoms with Crippen LogP contribution in [0.25, 0.3) is 9.88 Å². The molecule has 3 aromatic rings. The van der Waals surface area contributed by atoms with Crippen LogP contribution in [0.3, 0.4) is 0 Å². The van der Waals surface area contributed by atoms with E-state index in [9.17, 15) is 9.18 Å². The van der Waals surface area contributed by atoms with E-state index in [1.54, 1.807) is 29.7 Å². The van der Waals surface area contributed by atoms with Gasteiger partial charge in [-0.15, -0.1) is 22.7 Å². The zero-order valence-electron chi connectivity index (χ0n) is 14.4. The van der Waals surface area contributed by atoms with E-state index in [-0.39, 0.29) is 11.7 Å². The molecule has 1 saturated heterocycles. The van der Waals surface area contributed by atoms with E-state index in [4.69, 9.17) is 11.6 Å². The summed E-state index contributed by atoms with van der Waals surface area (Å²) < 4.78 is 14.0. The first-order valence-electron chi connectivity index (χ1n) is 8.56. The number of hydrogen-bond acceptors (Lipinski definition) is 5. The highest BCUT2D eigenvalue weighted by Gasteiger charge is 2.25. The Kier molecular flexibility index (Phi) is 5.54. The summed E-state index contributed by atoms with van der Waals surface area (Å²) in [4.78, 5) is 22.8. The predicted molar refractivity (Wildman–Crippen MR) is 108 cm³/mol. The van der Waals surface area contributed by atoms with E-state index in [1.807, 2.05) is 22.4 Å². The van der Waals surface area contributed by atoms with Crippen LogP contribution in [-0.2, 0) is 6.54 Å². The average Bonchev–Trinajstić information content (AvgIpc) is 3.36. The molecule has 0 N–H and O–H groups in total. The van der Waals surface area contributed by atoms with Crippen molar-refractivity contribution in [1.82, 2.24) is 14.8 Å². The Bertz CT molecular complexity index is 916. The van der Waals surface area contributed by atoms with Gasteiger partial charge in [-0.2, -0.15) is 0 Å². The number of benzene rings is 1. The van der Waals surface area contributed by atoms with Gasteiger partial charge in [-0.1, -0.05) is 23.7 Å². The first-order valence-corrected chi connectivity index (χ1v) is 10.6. The maximum absolute atomic E-state index is 14.0. The van der Waals surface area contributed by atoms with Gasteiger partial charge in [-0.05, 0) is 23.6 Å². The van der Waals surface area contributed by atoms with Crippen LogP contribution in [0.4, 0.5) is 4.39 Å². The molecule has 1 fully saturated rings. The maximum Gasteiger partial charge on any atom is 0.265 e. The number of aromatic nitrogens is 1. The minimum atomic E-state index is -0.285. The van der Waals surface area contributed by atoms with Crippen LogP contribution >= 0.6 is 34.3 Å². The Morgan fingerprint density at radius 1 is 1.19 bits per heavy atom. The number of rotatable bonds is 4. The lowest BCUT2D eigenvalue weighted by atomic mass is 10.2. The quantitative estimate of drug-likeness (QED) is 0.616. The van der Waals surface area contributed by atoms with Gasteiger partial charge in [-0.25, -0.2) is 9.37 Å². The highest BCUT2D eigenvalue weighted by atomic mass is 35.5. The highest BCUT2D eigenvalue weighted by Crippen LogP contribution is 2.29. The lowest BCUT2D eigenvalue weighted by Crippen LogP contribution is -2.48. The monoisotopic (exact) mass is 421 g/mol. The predicted octanol–water partition coefficient (Wildman–Crippen LogP) is 4.62. The normalized spacial score (nSPS) is 15.3. The number of amides is 1. The smallest absolute Gasteiger partial charge is 0.265 e. The van der Waals surface area contributed by atoms with Crippen LogP contribution < -0.4 is 0 Å². The number of carbonyl (C=O) groups is 1. The molecular formula is C19H17ClFN3OS2. The Morgan fingerprint density at radius 3 is 2.70 bits per heavy atom. The van der Waals surface area contributed by atoms with Crippen LogP contribution in [0.2, 0.25) is 5.02 Å². The van der Waals surface area contributed by atoms with Crippen molar-refractivity contribution in [2.75, 3.05) is 26.2 Å². The number of carbonyl (C=O) groups excluding carboxylic acids is 1. The lowest BCUT2D eigenvalue weighted by molar-refractivity contribution is 0.0631. The second kappa shape index (κ2) is 8.06. The minimum Gasteiger partial charge on any atom is -0.335 e. The first kappa shape index (κ1) is 18.6. The molecular weight excluding hydrogens is 405 g/mol. The molecule has 1 amide bonds. The summed E-state index contributed by atoms with van der Waals surface area (Å²) in [5.41, 5.74) is 0.516. The number of thiazole rings is 1. The standard InChI is InChI=1S/C19H17ClFN3OS2/c20-14-3-1-4-15(21)13(14)12-23-6-8-24(9-7-23)19(25)17-11-22-18(27-17)16-5-2-10-26-16/h1-5,10-11H,6-9,12H2. The van der Waals surface area contributed by atoms with Crippen molar-refractivity contribution in [2.24, 2.45) is 0 Å². The fourth-order valence-corrected chi connectivity index (χ4v) is 4.97. The Balaban J connectivity index is 1.37. The summed E-state index contributed by atoms with van der Waals surface area (Å²) >= 11 is 9.16. The van der Waals surface area contributed by atoms with Gasteiger partial charge in [0.2, 0.25) is 0 Å². The Hall–Kier alpha value is -1.80. The third-order valence-electron chi connectivity index (χ3n) is 4.55. The van der Waals surface area contributed by atoms with Crippen LogP contribution in [0.5, 0.6) is 0 Å². The van der Waals surface area contributed by atoms with Crippen molar-refractivity contribution in [1.29, 1.82) is 0 Å². The van der Waals surface area contributed by atoms with Gasteiger partial charge in [0.05, 0.1) is 11.1 Å². The first-order chi connectivity index (χ1) is 13.1. The molecule has 0 atom stereocenters. The van der Waals surface area contributed by atoms with Gasteiger partial charge in [0.1, 0.15) is 15.7 Å². The molecule has 0 radical (unpaired) electrons. The molecule has 0 aliphatic carbocycles. The van der Waals surface area contributed by atoms with E-state index in [0.29, 0.717) is 48.2 Å². The SMILES string of the molecule is O=C(c1cnc(-c2cccs2)s1)N1CCN(Cc2c(F)cccc2Cl)CC1. The van der Waals surface area contributed by atoms with E-state index in [0.717, 1.165) is 9.88 Å². The minimum absolute atomic E-state index is 0.0129. The van der Waals surface area contributed by atoms with Crippen molar-refractivity contribution in [3.8, 4) is 9.88 Å². The molecule has 0 bridgehead atoms. The average molecular weight is 422 g/mol. The van der Waals surface area contributed by atoms with Crippen LogP contribution in [0.15, 0.2) is 41.9 Å². The van der Waals surface area contributed by atoms with Crippen molar-refractivity contribution < 1.29 is 9.18 Å². The van der Waals surface area contributed by atoms with Crippen molar-refractivity contribution in [3.05, 3.63) is 63.2 Å². The van der Waals surface area contributed by atoms with E-state index < -0.39 is 0 Å². The number of nitrogens with zero attached hydrogens (tertiary/aromatic N) is 3. The zero-order valence-corrected chi connectivity index (χ0v) is 16.8. The second-order valence-electron chi connectivity index (χ2n) is 6.28. The van der Waals surface area contributed by atoms with Gasteiger partial charge < -0.3 is 4.90 Å². The molecule has 27 heavy (non-hydrogen) atoms. The van der Waals surface area contributed by atoms with Crippen molar-refractivity contribution >= 4 is 40.2 Å². The maximum atomic E-state index is 14.0. The van der Waals surface area contributed by atoms with Crippen molar-refractivity contribution in [2.45, 2.75) is 6.54 Å². The summed E-state index contributed by atoms with van der Waals surface area (Å²) in [6, 6.07) is 8.72. The second-order valence-corrected chi connectivity index (χ2v) is 8.66. The van der Waals surface area contributed by atoms with Gasteiger partial charge >= 0.3 is 0 Å². The van der Waals surface area contributed by atoms with E-state index in [2.05, 4.69) is 9.88 Å². The molecule has 1 aromatic carbocycles. The van der Waals surface area contributed by atoms with Crippen LogP contribution in [0.1, 0.15) is 15.2 Å². The summed E-state index contributed by atoms with van der Waals surface area (Å²) in [5, 5.41) is 3.32. The molecule has 1 aliphatic heterocycles. The van der Waals surface area contributed by atoms with Crippen molar-refractivity contribution in [3.63, 3.8) is 0 Å². The van der Waals surface area contributed by atoms with Crippen LogP contribution in [-0.4, -0.2) is 46.9 Å². The molecule has 140 valence electrons. The molecule has 1 aliphatic rings. The topological polar surface area (TPSA) is 36.4 Å². The lowest BCUT2D eigenvalue weighted by Gasteiger charge is -2.34. The number of halogens is 2. The summed E-state index contributed by atoms with van der Waals surface area (Å²) in [5.74, 6) is -0.273. The zero-order chi connectivity index (χ0) is 18.8. The van der Waals surface area contributed by atoms with Gasteiger partial charge in [0, 0.05) is 43.3 Å². The fourth-order valence-electron chi connectivity index (χ4n) is 3.06. The molecule has 3 heterocycles. The Morgan fingerprint density at radius 2 is 2.00 bits per heavy atom. The largest absolute Gasteiger partial charge is 0.335 e. The third kappa shape index (κ3) is 4.06. The van der Waals surface area contributed by atoms with Gasteiger partial charge in [0.25, 0.3) is 5.91 Å². The van der Waals surface area contributed by atoms with Gasteiger partial charge in [-0.3, -0.25) is 9.69 Å². The number of piperazine rings is 1. The van der Waals surface area contributed by atoms with E-state index in [1.165, 1.54) is 17.4 Å². The summed E-state index contributed by atoms with van der Waals surface area (Å²) in [7, 11) is 0. The molecule has 4 rings (SSSR count). The highest BCUT2D eigenvalue weighted by molar-refractivity contribution is 7.21. The molecule has 8 heteroatoms. The summed E-state index contributed by atoms with van der Waals surface area (Å²) in [6.45, 7) is 3.05. The molecule has 4 nitrogen and oxygen atoms in total. The van der Waals surface area contributed by atoms with E-state index >= 15 is 0 Å².